The first-order valence-corrected chi connectivity index (χ1v) is 13.1. The first-order valence-electron chi connectivity index (χ1n) is 13.1. The van der Waals surface area contributed by atoms with Crippen molar-refractivity contribution in [2.75, 3.05) is 13.2 Å². The van der Waals surface area contributed by atoms with Crippen molar-refractivity contribution in [1.82, 2.24) is 10.6 Å². The van der Waals surface area contributed by atoms with Crippen LogP contribution in [0.15, 0.2) is 83.9 Å². The minimum atomic E-state index is -0.936. The lowest BCUT2D eigenvalue weighted by Gasteiger charge is -2.25. The van der Waals surface area contributed by atoms with Gasteiger partial charge in [0.25, 0.3) is 0 Å². The molecule has 0 heterocycles. The maximum absolute atomic E-state index is 13.2. The van der Waals surface area contributed by atoms with Gasteiger partial charge in [-0.15, -0.1) is 0 Å². The van der Waals surface area contributed by atoms with Crippen LogP contribution in [0.3, 0.4) is 0 Å². The van der Waals surface area contributed by atoms with Crippen molar-refractivity contribution < 1.29 is 23.9 Å². The van der Waals surface area contributed by atoms with Gasteiger partial charge in [0.15, 0.2) is 6.17 Å². The highest BCUT2D eigenvalue weighted by atomic mass is 16.5. The van der Waals surface area contributed by atoms with Crippen LogP contribution in [0.2, 0.25) is 0 Å². The molecule has 0 fully saturated rings. The van der Waals surface area contributed by atoms with Crippen LogP contribution in [0, 0.1) is 5.92 Å². The summed E-state index contributed by atoms with van der Waals surface area (Å²) in [4.78, 5) is 40.7. The monoisotopic (exact) mass is 527 g/mol. The van der Waals surface area contributed by atoms with Crippen LogP contribution in [-0.2, 0) is 25.7 Å². The molecule has 3 aromatic carbocycles. The zero-order valence-corrected chi connectivity index (χ0v) is 22.1. The molecule has 1 aliphatic carbocycles. The normalized spacial score (nSPS) is 14.2. The van der Waals surface area contributed by atoms with E-state index in [1.165, 1.54) is 6.08 Å². The molecule has 8 heteroatoms. The first kappa shape index (κ1) is 27.8. The van der Waals surface area contributed by atoms with E-state index in [-0.39, 0.29) is 25.0 Å². The molecule has 3 aromatic rings. The molecule has 0 spiro atoms. The van der Waals surface area contributed by atoms with Gasteiger partial charge >= 0.3 is 6.09 Å². The number of alkyl carbamates (subject to hydrolysis) is 1. The summed E-state index contributed by atoms with van der Waals surface area (Å²) in [6.07, 6.45) is 0.491. The van der Waals surface area contributed by atoms with E-state index in [1.54, 1.807) is 0 Å². The molecule has 0 saturated carbocycles. The Balaban J connectivity index is 1.36. The third-order valence-corrected chi connectivity index (χ3v) is 7.02. The van der Waals surface area contributed by atoms with Gasteiger partial charge in [0, 0.05) is 5.92 Å². The maximum atomic E-state index is 13.2. The van der Waals surface area contributed by atoms with Crippen molar-refractivity contribution in [1.29, 1.82) is 0 Å². The summed E-state index contributed by atoms with van der Waals surface area (Å²) in [5.74, 6) is -0.770. The van der Waals surface area contributed by atoms with Gasteiger partial charge in [-0.2, -0.15) is 4.99 Å². The summed E-state index contributed by atoms with van der Waals surface area (Å²) in [7, 11) is 0. The van der Waals surface area contributed by atoms with Crippen LogP contribution >= 0.6 is 0 Å². The minimum Gasteiger partial charge on any atom is -0.449 e. The molecule has 3 atom stereocenters. The average Bonchev–Trinajstić information content (AvgIpc) is 3.28. The summed E-state index contributed by atoms with van der Waals surface area (Å²) in [6, 6.07) is 24.8. The lowest BCUT2D eigenvalue weighted by atomic mass is 9.98. The Hall–Kier alpha value is -4.26. The highest BCUT2D eigenvalue weighted by molar-refractivity contribution is 5.86. The number of amides is 2. The SMILES string of the molecule is CC[C@H](C)[C@H](NC(=O)OCC1c2ccccc2-c2ccccc21)C(=O)N[C@@H](COCc1ccccc1)N=C=O. The predicted octanol–water partition coefficient (Wildman–Crippen LogP) is 4.93. The zero-order valence-electron chi connectivity index (χ0n) is 22.1. The number of fused-ring (bicyclic) bond motifs is 3. The molecule has 39 heavy (non-hydrogen) atoms. The third-order valence-electron chi connectivity index (χ3n) is 7.02. The van der Waals surface area contributed by atoms with Crippen molar-refractivity contribution in [3.8, 4) is 11.1 Å². The largest absolute Gasteiger partial charge is 0.449 e. The molecule has 4 rings (SSSR count). The smallest absolute Gasteiger partial charge is 0.407 e. The van der Waals surface area contributed by atoms with Gasteiger partial charge in [0.05, 0.1) is 13.2 Å². The van der Waals surface area contributed by atoms with Crippen LogP contribution < -0.4 is 10.6 Å². The van der Waals surface area contributed by atoms with Crippen molar-refractivity contribution in [3.63, 3.8) is 0 Å². The summed E-state index contributed by atoms with van der Waals surface area (Å²) >= 11 is 0. The van der Waals surface area contributed by atoms with Crippen LogP contribution in [0.4, 0.5) is 4.79 Å². The summed E-state index contributed by atoms with van der Waals surface area (Å²) < 4.78 is 11.3. The Kier molecular flexibility index (Phi) is 9.62. The van der Waals surface area contributed by atoms with Crippen molar-refractivity contribution in [2.24, 2.45) is 10.9 Å². The molecule has 0 unspecified atom stereocenters. The molecule has 202 valence electrons. The molecule has 0 saturated heterocycles. The van der Waals surface area contributed by atoms with E-state index >= 15 is 0 Å². The Morgan fingerprint density at radius 3 is 2.15 bits per heavy atom. The van der Waals surface area contributed by atoms with E-state index in [0.29, 0.717) is 13.0 Å². The number of hydrogen-bond donors (Lipinski definition) is 2. The minimum absolute atomic E-state index is 0.0198. The van der Waals surface area contributed by atoms with Gasteiger partial charge in [-0.3, -0.25) is 4.79 Å². The first-order chi connectivity index (χ1) is 19.0. The number of nitrogens with zero attached hydrogens (tertiary/aromatic N) is 1. The molecule has 2 N–H and O–H groups in total. The second-order valence-electron chi connectivity index (χ2n) is 9.58. The predicted molar refractivity (Wildman–Crippen MR) is 148 cm³/mol. The van der Waals surface area contributed by atoms with Crippen LogP contribution in [0.25, 0.3) is 11.1 Å². The Bertz CT molecular complexity index is 1280. The van der Waals surface area contributed by atoms with Crippen molar-refractivity contribution in [2.45, 2.75) is 45.0 Å². The fourth-order valence-electron chi connectivity index (χ4n) is 4.76. The van der Waals surface area contributed by atoms with E-state index in [1.807, 2.05) is 80.6 Å². The number of carbonyl (C=O) groups is 2. The number of ether oxygens (including phenoxy) is 2. The standard InChI is InChI=1S/C31H33N3O5/c1-3-21(2)29(30(36)33-28(32-20-35)19-38-17-22-11-5-4-6-12-22)34-31(37)39-18-27-25-15-9-7-13-23(25)24-14-8-10-16-26(24)27/h4-16,21,27-29H,3,17-19H2,1-2H3,(H,33,36)(H,34,37)/t21-,28-,29-/m0/s1. The number of benzene rings is 3. The molecule has 0 bridgehead atoms. The molecule has 0 radical (unpaired) electrons. The van der Waals surface area contributed by atoms with Crippen LogP contribution in [-0.4, -0.2) is 43.5 Å². The van der Waals surface area contributed by atoms with Gasteiger partial charge in [0.1, 0.15) is 12.6 Å². The Morgan fingerprint density at radius 1 is 0.923 bits per heavy atom. The van der Waals surface area contributed by atoms with Crippen LogP contribution in [0.5, 0.6) is 0 Å². The third kappa shape index (κ3) is 6.99. The lowest BCUT2D eigenvalue weighted by molar-refractivity contribution is -0.125. The number of rotatable bonds is 12. The Labute approximate surface area is 228 Å². The molecule has 0 aliphatic heterocycles. The second kappa shape index (κ2) is 13.5. The maximum Gasteiger partial charge on any atom is 0.407 e. The number of carbonyl (C=O) groups excluding carboxylic acids is 3. The van der Waals surface area contributed by atoms with Gasteiger partial charge in [-0.05, 0) is 33.7 Å². The van der Waals surface area contributed by atoms with Crippen LogP contribution in [0.1, 0.15) is 42.9 Å². The summed E-state index contributed by atoms with van der Waals surface area (Å²) in [5.41, 5.74) is 5.43. The van der Waals surface area contributed by atoms with Gasteiger partial charge in [-0.25, -0.2) is 9.59 Å². The van der Waals surface area contributed by atoms with Gasteiger partial charge in [0.2, 0.25) is 12.0 Å². The average molecular weight is 528 g/mol. The zero-order chi connectivity index (χ0) is 27.6. The topological polar surface area (TPSA) is 106 Å². The molecule has 0 aromatic heterocycles. The highest BCUT2D eigenvalue weighted by Crippen LogP contribution is 2.44. The van der Waals surface area contributed by atoms with E-state index in [4.69, 9.17) is 9.47 Å². The number of nitrogens with one attached hydrogen (secondary N) is 2. The summed E-state index contributed by atoms with van der Waals surface area (Å²) in [5, 5.41) is 5.40. The van der Waals surface area contributed by atoms with E-state index in [9.17, 15) is 14.4 Å². The molecule has 8 nitrogen and oxygen atoms in total. The summed E-state index contributed by atoms with van der Waals surface area (Å²) in [6.45, 7) is 4.20. The van der Waals surface area contributed by atoms with Crippen molar-refractivity contribution >= 4 is 18.1 Å². The molecule has 2 amide bonds. The molecule has 1 aliphatic rings. The Morgan fingerprint density at radius 2 is 1.54 bits per heavy atom. The van der Waals surface area contributed by atoms with E-state index in [2.05, 4.69) is 27.8 Å². The van der Waals surface area contributed by atoms with Gasteiger partial charge in [-0.1, -0.05) is 99.1 Å². The highest BCUT2D eigenvalue weighted by Gasteiger charge is 2.31. The molecular weight excluding hydrogens is 494 g/mol. The number of hydrogen-bond acceptors (Lipinski definition) is 6. The van der Waals surface area contributed by atoms with E-state index < -0.39 is 24.2 Å². The molecular formula is C31H33N3O5. The second-order valence-corrected chi connectivity index (χ2v) is 9.58. The quantitative estimate of drug-likeness (QED) is 0.257. The number of aliphatic imine (C=N–C) groups is 1. The fourth-order valence-corrected chi connectivity index (χ4v) is 4.76. The van der Waals surface area contributed by atoms with Crippen molar-refractivity contribution in [3.05, 3.63) is 95.6 Å². The van der Waals surface area contributed by atoms with Gasteiger partial charge < -0.3 is 20.1 Å². The fraction of sp³-hybridized carbons (Fsp3) is 0.323. The number of isocyanates is 1. The van der Waals surface area contributed by atoms with E-state index in [0.717, 1.165) is 27.8 Å². The lowest BCUT2D eigenvalue weighted by Crippen LogP contribution is -2.53.